The molecule has 0 aliphatic heterocycles. The van der Waals surface area contributed by atoms with Crippen LogP contribution in [0.25, 0.3) is 0 Å². The van der Waals surface area contributed by atoms with E-state index in [9.17, 15) is 0 Å². The van der Waals surface area contributed by atoms with Gasteiger partial charge in [-0.25, -0.2) is 0 Å². The Kier molecular flexibility index (Phi) is 3.94. The number of rotatable bonds is 3. The van der Waals surface area contributed by atoms with E-state index >= 15 is 0 Å². The third-order valence-corrected chi connectivity index (χ3v) is 4.60. The first kappa shape index (κ1) is 7.83. The monoisotopic (exact) mass is 138 g/mol. The summed E-state index contributed by atoms with van der Waals surface area (Å²) in [6.45, 7) is 0.447. The summed E-state index contributed by atoms with van der Waals surface area (Å²) < 4.78 is 2.25. The molecule has 0 heterocycles. The number of aliphatic hydroxyl groups is 1. The molecule has 50 valence electrons. The van der Waals surface area contributed by atoms with E-state index in [0.29, 0.717) is 6.61 Å². The minimum atomic E-state index is 0.138. The van der Waals surface area contributed by atoms with Gasteiger partial charge in [-0.05, 0) is 0 Å². The normalized spacial score (nSPS) is 20.1. The van der Waals surface area contributed by atoms with Crippen molar-refractivity contribution in [2.45, 2.75) is 34.3 Å². The number of aliphatic hydroxyl groups excluding tert-OH is 1. The third-order valence-electron chi connectivity index (χ3n) is 2.25. The van der Waals surface area contributed by atoms with Crippen LogP contribution in [-0.2, 0) is 0 Å². The van der Waals surface area contributed by atoms with E-state index < -0.39 is 0 Å². The molecule has 0 aromatic carbocycles. The first-order valence-electron chi connectivity index (χ1n) is 4.04. The first-order chi connectivity index (χ1) is 4.43. The molecule has 1 aliphatic carbocycles. The number of hydrogen-bond acceptors (Lipinski definition) is 1. The molecule has 0 spiro atoms. The molecule has 2 heteroatoms. The molecule has 0 amide bonds. The Labute approximate surface area is 66.6 Å². The smallest absolute Gasteiger partial charge is 0.372 e. The highest BCUT2D eigenvalue weighted by molar-refractivity contribution is 6.37. The summed E-state index contributed by atoms with van der Waals surface area (Å²) in [6, 6.07) is 0. The molecule has 0 radical (unpaired) electrons. The summed E-state index contributed by atoms with van der Waals surface area (Å²) in [5.74, 6) is 0. The fraction of sp³-hybridized carbons (Fsp3) is 1.00. The lowest BCUT2D eigenvalue weighted by Gasteiger charge is -2.02. The highest BCUT2D eigenvalue weighted by Gasteiger charge is 2.15. The highest BCUT2D eigenvalue weighted by atomic mass is 24.5. The summed E-state index contributed by atoms with van der Waals surface area (Å²) in [4.78, 5) is 0. The van der Waals surface area contributed by atoms with Gasteiger partial charge in [0, 0.05) is 6.61 Å². The molecule has 0 atom stereocenters. The molecule has 0 aromatic heterocycles. The maximum Gasteiger partial charge on any atom is 0.372 e. The fourth-order valence-corrected chi connectivity index (χ4v) is 3.59. The van der Waals surface area contributed by atoms with Crippen LogP contribution < -0.4 is 0 Å². The molecule has 0 aromatic rings. The van der Waals surface area contributed by atoms with E-state index in [4.69, 9.17) is 5.11 Å². The van der Waals surface area contributed by atoms with Gasteiger partial charge in [-0.2, -0.15) is 0 Å². The van der Waals surface area contributed by atoms with Crippen molar-refractivity contribution in [3.63, 3.8) is 0 Å². The van der Waals surface area contributed by atoms with E-state index in [-0.39, 0.29) is 20.4 Å². The summed E-state index contributed by atoms with van der Waals surface area (Å²) in [7, 11) is 0. The van der Waals surface area contributed by atoms with Crippen LogP contribution in [0.2, 0.25) is 8.60 Å². The zero-order chi connectivity index (χ0) is 6.53. The van der Waals surface area contributed by atoms with Gasteiger partial charge in [0.25, 0.3) is 0 Å². The number of hydrogen-bond donors (Lipinski definition) is 1. The minimum absolute atomic E-state index is 0.138. The summed E-state index contributed by atoms with van der Waals surface area (Å²) >= 11 is 0.138. The van der Waals surface area contributed by atoms with Crippen LogP contribution in [0.5, 0.6) is 0 Å². The van der Waals surface area contributed by atoms with E-state index in [1.54, 1.807) is 0 Å². The zero-order valence-electron chi connectivity index (χ0n) is 5.97. The van der Waals surface area contributed by atoms with Gasteiger partial charge in [-0.3, -0.25) is 0 Å². The lowest BCUT2D eigenvalue weighted by Crippen LogP contribution is -2.00. The van der Waals surface area contributed by atoms with E-state index in [1.165, 1.54) is 25.7 Å². The average molecular weight is 138 g/mol. The second kappa shape index (κ2) is 4.53. The second-order valence-corrected chi connectivity index (χ2v) is 5.46. The maximum atomic E-state index is 8.56. The van der Waals surface area contributed by atoms with Crippen molar-refractivity contribution in [2.75, 3.05) is 6.61 Å². The fourth-order valence-electron chi connectivity index (χ4n) is 1.68. The lowest BCUT2D eigenvalue weighted by atomic mass is 10.4. The van der Waals surface area contributed by atoms with Crippen LogP contribution in [0.3, 0.4) is 0 Å². The Morgan fingerprint density at radius 1 is 1.33 bits per heavy atom. The van der Waals surface area contributed by atoms with E-state index in [2.05, 4.69) is 0 Å². The van der Waals surface area contributed by atoms with Gasteiger partial charge < -0.3 is 5.11 Å². The van der Waals surface area contributed by atoms with Gasteiger partial charge in [0.2, 0.25) is 0 Å². The molecule has 1 aliphatic rings. The van der Waals surface area contributed by atoms with E-state index in [1.807, 2.05) is 0 Å². The van der Waals surface area contributed by atoms with E-state index in [0.717, 1.165) is 8.60 Å². The zero-order valence-corrected chi connectivity index (χ0v) is 7.39. The molecule has 1 rings (SSSR count). The lowest BCUT2D eigenvalue weighted by molar-refractivity contribution is 0.317. The quantitative estimate of drug-likeness (QED) is 0.586. The topological polar surface area (TPSA) is 20.2 Å². The summed E-state index contributed by atoms with van der Waals surface area (Å²) in [5, 5.41) is 8.56. The molecule has 0 saturated heterocycles. The van der Waals surface area contributed by atoms with Crippen molar-refractivity contribution < 1.29 is 5.11 Å². The molecule has 0 unspecified atom stereocenters. The largest absolute Gasteiger partial charge is 0.399 e. The van der Waals surface area contributed by atoms with Crippen LogP contribution in [0.4, 0.5) is 0 Å². The molecular formula is C7H14MgO. The molecule has 1 N–H and O–H groups in total. The van der Waals surface area contributed by atoms with Crippen LogP contribution >= 0.6 is 0 Å². The molecule has 1 saturated carbocycles. The van der Waals surface area contributed by atoms with Crippen molar-refractivity contribution in [3.8, 4) is 0 Å². The molecule has 1 fully saturated rings. The van der Waals surface area contributed by atoms with Crippen molar-refractivity contribution in [1.82, 2.24) is 0 Å². The molecule has 0 bridgehead atoms. The SMILES string of the molecule is OC[CH2][Mg][CH]1CCCC1. The Morgan fingerprint density at radius 3 is 2.56 bits per heavy atom. The van der Waals surface area contributed by atoms with Crippen LogP contribution in [0.1, 0.15) is 25.7 Å². The van der Waals surface area contributed by atoms with Gasteiger partial charge >= 0.3 is 20.4 Å². The van der Waals surface area contributed by atoms with Crippen LogP contribution in [0, 0.1) is 0 Å². The van der Waals surface area contributed by atoms with Crippen molar-refractivity contribution in [1.29, 1.82) is 0 Å². The Morgan fingerprint density at radius 2 is 2.00 bits per heavy atom. The standard InChI is InChI=1S/C5H9.C2H5O.Mg/c1-2-4-5-3-1;1-2-3;/h1H,2-5H2;3H,1-2H2;. The first-order valence-corrected chi connectivity index (χ1v) is 5.86. The Balaban J connectivity index is 1.98. The predicted octanol–water partition coefficient (Wildman–Crippen LogP) is 1.46. The molecule has 1 nitrogen and oxygen atoms in total. The Hall–Kier alpha value is 0.726. The van der Waals surface area contributed by atoms with Crippen molar-refractivity contribution >= 4 is 20.4 Å². The van der Waals surface area contributed by atoms with Gasteiger partial charge in [-0.15, -0.1) is 8.60 Å². The highest BCUT2D eigenvalue weighted by Crippen LogP contribution is 2.29. The maximum absolute atomic E-state index is 8.56. The van der Waals surface area contributed by atoms with Gasteiger partial charge in [0.15, 0.2) is 0 Å². The third kappa shape index (κ3) is 2.87. The van der Waals surface area contributed by atoms with Crippen molar-refractivity contribution in [3.05, 3.63) is 0 Å². The Bertz CT molecular complexity index is 69.3. The van der Waals surface area contributed by atoms with Gasteiger partial charge in [0.05, 0.1) is 0 Å². The van der Waals surface area contributed by atoms with Crippen LogP contribution in [0.15, 0.2) is 0 Å². The van der Waals surface area contributed by atoms with Gasteiger partial charge in [0.1, 0.15) is 0 Å². The second-order valence-electron chi connectivity index (χ2n) is 3.02. The van der Waals surface area contributed by atoms with Crippen LogP contribution in [-0.4, -0.2) is 32.1 Å². The molecule has 9 heavy (non-hydrogen) atoms. The average Bonchev–Trinajstić information content (AvgIpc) is 2.34. The summed E-state index contributed by atoms with van der Waals surface area (Å²) in [6.07, 6.45) is 5.88. The van der Waals surface area contributed by atoms with Gasteiger partial charge in [-0.1, -0.05) is 25.7 Å². The minimum Gasteiger partial charge on any atom is -0.399 e. The predicted molar refractivity (Wildman–Crippen MR) is 39.9 cm³/mol. The van der Waals surface area contributed by atoms with Crippen molar-refractivity contribution in [2.24, 2.45) is 0 Å². The summed E-state index contributed by atoms with van der Waals surface area (Å²) in [5.41, 5.74) is 0. The molecular weight excluding hydrogens is 124 g/mol.